The van der Waals surface area contributed by atoms with Crippen LogP contribution in [0.2, 0.25) is 0 Å². The number of nitrogens with zero attached hydrogens (tertiary/aromatic N) is 1. The number of benzene rings is 1. The number of nitrogens with one attached hydrogen (secondary N) is 2. The van der Waals surface area contributed by atoms with E-state index in [1.807, 2.05) is 6.08 Å². The van der Waals surface area contributed by atoms with Crippen molar-refractivity contribution in [3.63, 3.8) is 0 Å². The average molecular weight is 339 g/mol. The molecule has 1 atom stereocenters. The number of urea groups is 1. The van der Waals surface area contributed by atoms with Gasteiger partial charge in [-0.3, -0.25) is 4.90 Å². The van der Waals surface area contributed by atoms with Gasteiger partial charge < -0.3 is 15.7 Å². The highest BCUT2D eigenvalue weighted by atomic mass is 19.1. The molecule has 1 aliphatic heterocycles. The van der Waals surface area contributed by atoms with Crippen molar-refractivity contribution in [2.24, 2.45) is 0 Å². The maximum absolute atomic E-state index is 13.6. The van der Waals surface area contributed by atoms with Crippen LogP contribution >= 0.6 is 0 Å². The van der Waals surface area contributed by atoms with E-state index in [2.05, 4.69) is 22.1 Å². The average Bonchev–Trinajstić information content (AvgIpc) is 2.55. The summed E-state index contributed by atoms with van der Waals surface area (Å²) in [6.07, 6.45) is 2.06. The molecule has 1 heterocycles. The predicted molar refractivity (Wildman–Crippen MR) is 87.5 cm³/mol. The van der Waals surface area contributed by atoms with Gasteiger partial charge >= 0.3 is 6.03 Å². The third-order valence-corrected chi connectivity index (χ3v) is 4.10. The second-order valence-corrected chi connectivity index (χ2v) is 5.87. The van der Waals surface area contributed by atoms with Crippen molar-refractivity contribution in [3.05, 3.63) is 48.1 Å². The minimum absolute atomic E-state index is 0.0494. The van der Waals surface area contributed by atoms with Gasteiger partial charge in [0.1, 0.15) is 17.7 Å². The SMILES string of the molecule is C=CCN1CCC(NC(=O)NCC(O)c2c(F)cccc2F)CC1. The van der Waals surface area contributed by atoms with Crippen molar-refractivity contribution in [2.75, 3.05) is 26.2 Å². The zero-order valence-electron chi connectivity index (χ0n) is 13.5. The quantitative estimate of drug-likeness (QED) is 0.694. The van der Waals surface area contributed by atoms with Crippen LogP contribution in [0.1, 0.15) is 24.5 Å². The number of rotatable bonds is 6. The maximum atomic E-state index is 13.6. The zero-order valence-corrected chi connectivity index (χ0v) is 13.5. The van der Waals surface area contributed by atoms with Crippen molar-refractivity contribution < 1.29 is 18.7 Å². The van der Waals surface area contributed by atoms with Gasteiger partial charge in [-0.15, -0.1) is 6.58 Å². The van der Waals surface area contributed by atoms with Crippen molar-refractivity contribution in [1.82, 2.24) is 15.5 Å². The Morgan fingerprint density at radius 3 is 2.58 bits per heavy atom. The molecule has 1 unspecified atom stereocenters. The van der Waals surface area contributed by atoms with E-state index in [-0.39, 0.29) is 12.6 Å². The molecule has 0 spiro atoms. The van der Waals surface area contributed by atoms with Crippen molar-refractivity contribution >= 4 is 6.03 Å². The first kappa shape index (κ1) is 18.4. The van der Waals surface area contributed by atoms with Gasteiger partial charge in [0.25, 0.3) is 0 Å². The molecule has 1 aromatic carbocycles. The first-order valence-electron chi connectivity index (χ1n) is 8.01. The fourth-order valence-electron chi connectivity index (χ4n) is 2.80. The molecule has 1 saturated heterocycles. The Balaban J connectivity index is 1.76. The fourth-order valence-corrected chi connectivity index (χ4v) is 2.80. The lowest BCUT2D eigenvalue weighted by Crippen LogP contribution is -2.48. The smallest absolute Gasteiger partial charge is 0.315 e. The molecule has 0 aromatic heterocycles. The van der Waals surface area contributed by atoms with E-state index >= 15 is 0 Å². The molecule has 0 radical (unpaired) electrons. The van der Waals surface area contributed by atoms with E-state index in [1.54, 1.807) is 0 Å². The molecule has 7 heteroatoms. The molecule has 0 saturated carbocycles. The lowest BCUT2D eigenvalue weighted by Gasteiger charge is -2.31. The number of aliphatic hydroxyl groups is 1. The molecule has 3 N–H and O–H groups in total. The van der Waals surface area contributed by atoms with E-state index in [0.717, 1.165) is 44.6 Å². The van der Waals surface area contributed by atoms with Crippen molar-refractivity contribution in [3.8, 4) is 0 Å². The Bertz CT molecular complexity index is 555. The molecule has 24 heavy (non-hydrogen) atoms. The number of halogens is 2. The Labute approximate surface area is 140 Å². The van der Waals surface area contributed by atoms with Gasteiger partial charge in [0.2, 0.25) is 0 Å². The monoisotopic (exact) mass is 339 g/mol. The molecule has 0 aliphatic carbocycles. The summed E-state index contributed by atoms with van der Waals surface area (Å²) in [5, 5.41) is 15.2. The highest BCUT2D eigenvalue weighted by Crippen LogP contribution is 2.19. The lowest BCUT2D eigenvalue weighted by molar-refractivity contribution is 0.161. The van der Waals surface area contributed by atoms with Crippen LogP contribution in [-0.2, 0) is 0 Å². The molecule has 1 fully saturated rings. The zero-order chi connectivity index (χ0) is 17.5. The number of hydrogen-bond donors (Lipinski definition) is 3. The number of likely N-dealkylation sites (tertiary alicyclic amines) is 1. The molecular weight excluding hydrogens is 316 g/mol. The first-order chi connectivity index (χ1) is 11.5. The molecule has 132 valence electrons. The standard InChI is InChI=1S/C17H23F2N3O2/c1-2-8-22-9-6-12(7-10-22)21-17(24)20-11-15(23)16-13(18)4-3-5-14(16)19/h2-5,12,15,23H,1,6-11H2,(H2,20,21,24). The molecule has 1 aromatic rings. The maximum Gasteiger partial charge on any atom is 0.315 e. The molecule has 5 nitrogen and oxygen atoms in total. The summed E-state index contributed by atoms with van der Waals surface area (Å²) < 4.78 is 27.1. The summed E-state index contributed by atoms with van der Waals surface area (Å²) in [6.45, 7) is 6.02. The first-order valence-corrected chi connectivity index (χ1v) is 8.01. The summed E-state index contributed by atoms with van der Waals surface area (Å²) in [5.41, 5.74) is -0.435. The Morgan fingerprint density at radius 2 is 2.00 bits per heavy atom. The van der Waals surface area contributed by atoms with Gasteiger partial charge in [0, 0.05) is 32.2 Å². The third-order valence-electron chi connectivity index (χ3n) is 4.10. The van der Waals surface area contributed by atoms with Crippen LogP contribution in [0, 0.1) is 11.6 Å². The summed E-state index contributed by atoms with van der Waals surface area (Å²) in [6, 6.07) is 2.96. The number of piperidine rings is 1. The third kappa shape index (κ3) is 5.01. The Morgan fingerprint density at radius 1 is 1.38 bits per heavy atom. The second kappa shape index (κ2) is 8.75. The Kier molecular flexibility index (Phi) is 6.69. The van der Waals surface area contributed by atoms with E-state index in [0.29, 0.717) is 0 Å². The minimum atomic E-state index is -1.44. The lowest BCUT2D eigenvalue weighted by atomic mass is 10.1. The van der Waals surface area contributed by atoms with Gasteiger partial charge in [-0.1, -0.05) is 12.1 Å². The van der Waals surface area contributed by atoms with Gasteiger partial charge in [-0.25, -0.2) is 13.6 Å². The Hall–Kier alpha value is -1.99. The summed E-state index contributed by atoms with van der Waals surface area (Å²) >= 11 is 0. The largest absolute Gasteiger partial charge is 0.386 e. The van der Waals surface area contributed by atoms with Crippen LogP contribution in [0.5, 0.6) is 0 Å². The number of amides is 2. The van der Waals surface area contributed by atoms with Crippen molar-refractivity contribution in [1.29, 1.82) is 0 Å². The van der Waals surface area contributed by atoms with E-state index < -0.39 is 29.3 Å². The number of carbonyl (C=O) groups excluding carboxylic acids is 1. The van der Waals surface area contributed by atoms with Crippen LogP contribution < -0.4 is 10.6 Å². The van der Waals surface area contributed by atoms with Gasteiger partial charge in [-0.05, 0) is 25.0 Å². The molecule has 1 aliphatic rings. The molecular formula is C17H23F2N3O2. The van der Waals surface area contributed by atoms with Crippen LogP contribution in [-0.4, -0.2) is 48.3 Å². The van der Waals surface area contributed by atoms with Gasteiger partial charge in [0.05, 0.1) is 5.56 Å². The summed E-state index contributed by atoms with van der Waals surface area (Å²) in [5.74, 6) is -1.67. The van der Waals surface area contributed by atoms with Gasteiger partial charge in [0.15, 0.2) is 0 Å². The normalized spacial score (nSPS) is 17.3. The number of aliphatic hydroxyl groups excluding tert-OH is 1. The summed E-state index contributed by atoms with van der Waals surface area (Å²) in [7, 11) is 0. The molecule has 2 amide bonds. The van der Waals surface area contributed by atoms with Crippen LogP contribution in [0.15, 0.2) is 30.9 Å². The summed E-state index contributed by atoms with van der Waals surface area (Å²) in [4.78, 5) is 14.1. The second-order valence-electron chi connectivity index (χ2n) is 5.87. The van der Waals surface area contributed by atoms with Crippen LogP contribution in [0.4, 0.5) is 13.6 Å². The topological polar surface area (TPSA) is 64.6 Å². The van der Waals surface area contributed by atoms with Crippen molar-refractivity contribution in [2.45, 2.75) is 25.0 Å². The highest BCUT2D eigenvalue weighted by molar-refractivity contribution is 5.74. The van der Waals surface area contributed by atoms with E-state index in [9.17, 15) is 18.7 Å². The van der Waals surface area contributed by atoms with E-state index in [1.165, 1.54) is 6.07 Å². The molecule has 2 rings (SSSR count). The van der Waals surface area contributed by atoms with Crippen LogP contribution in [0.25, 0.3) is 0 Å². The van der Waals surface area contributed by atoms with Crippen LogP contribution in [0.3, 0.4) is 0 Å². The fraction of sp³-hybridized carbons (Fsp3) is 0.471. The minimum Gasteiger partial charge on any atom is -0.386 e. The highest BCUT2D eigenvalue weighted by Gasteiger charge is 2.21. The van der Waals surface area contributed by atoms with Gasteiger partial charge in [-0.2, -0.15) is 0 Å². The van der Waals surface area contributed by atoms with E-state index in [4.69, 9.17) is 0 Å². The molecule has 0 bridgehead atoms. The number of carbonyl (C=O) groups is 1. The predicted octanol–water partition coefficient (Wildman–Crippen LogP) is 1.95. The number of hydrogen-bond acceptors (Lipinski definition) is 3.